The maximum atomic E-state index is 11.6. The van der Waals surface area contributed by atoms with Gasteiger partial charge in [0.15, 0.2) is 0 Å². The van der Waals surface area contributed by atoms with Crippen molar-refractivity contribution in [2.24, 2.45) is 0 Å². The number of nitrogens with one attached hydrogen (secondary N) is 2. The minimum atomic E-state index is -0.896. The number of thiophene rings is 1. The van der Waals surface area contributed by atoms with Gasteiger partial charge in [-0.2, -0.15) is 0 Å². The van der Waals surface area contributed by atoms with Gasteiger partial charge in [0.25, 0.3) is 5.91 Å². The van der Waals surface area contributed by atoms with Crippen LogP contribution in [0, 0.1) is 0 Å². The fraction of sp³-hybridized carbons (Fsp3) is 0.417. The molecule has 6 nitrogen and oxygen atoms in total. The maximum Gasteiger partial charge on any atom is 0.303 e. The SMILES string of the molecule is CC(CCC(=O)O)NC(=O)CNC(=O)c1cccs1. The van der Waals surface area contributed by atoms with E-state index in [1.54, 1.807) is 24.4 Å². The van der Waals surface area contributed by atoms with E-state index in [1.807, 2.05) is 0 Å². The number of hydrogen-bond acceptors (Lipinski definition) is 4. The molecule has 0 bridgehead atoms. The van der Waals surface area contributed by atoms with E-state index in [4.69, 9.17) is 5.11 Å². The highest BCUT2D eigenvalue weighted by Crippen LogP contribution is 2.07. The van der Waals surface area contributed by atoms with Crippen molar-refractivity contribution in [2.75, 3.05) is 6.54 Å². The molecule has 0 radical (unpaired) electrons. The van der Waals surface area contributed by atoms with Crippen molar-refractivity contribution in [3.8, 4) is 0 Å². The predicted octanol–water partition coefficient (Wildman–Crippen LogP) is 0.847. The molecule has 0 aliphatic heterocycles. The third kappa shape index (κ3) is 6.01. The van der Waals surface area contributed by atoms with Gasteiger partial charge in [0.2, 0.25) is 5.91 Å². The minimum absolute atomic E-state index is 0.00298. The molecular weight excluding hydrogens is 268 g/mol. The van der Waals surface area contributed by atoms with Crippen LogP contribution in [0.4, 0.5) is 0 Å². The summed E-state index contributed by atoms with van der Waals surface area (Å²) in [5, 5.41) is 15.4. The van der Waals surface area contributed by atoms with Crippen LogP contribution in [0.5, 0.6) is 0 Å². The normalized spacial score (nSPS) is 11.6. The Morgan fingerprint density at radius 2 is 2.16 bits per heavy atom. The van der Waals surface area contributed by atoms with Gasteiger partial charge in [-0.15, -0.1) is 11.3 Å². The predicted molar refractivity (Wildman–Crippen MR) is 71.1 cm³/mol. The number of rotatable bonds is 7. The van der Waals surface area contributed by atoms with Crippen LogP contribution in [0.2, 0.25) is 0 Å². The molecule has 1 heterocycles. The smallest absolute Gasteiger partial charge is 0.303 e. The summed E-state index contributed by atoms with van der Waals surface area (Å²) in [5.74, 6) is -1.52. The lowest BCUT2D eigenvalue weighted by Crippen LogP contribution is -2.40. The highest BCUT2D eigenvalue weighted by Gasteiger charge is 2.11. The molecule has 2 amide bonds. The molecule has 0 fully saturated rings. The summed E-state index contributed by atoms with van der Waals surface area (Å²) in [6, 6.07) is 3.20. The van der Waals surface area contributed by atoms with Gasteiger partial charge in [0.05, 0.1) is 11.4 Å². The van der Waals surface area contributed by atoms with Crippen LogP contribution in [-0.2, 0) is 9.59 Å². The van der Waals surface area contributed by atoms with E-state index in [1.165, 1.54) is 11.3 Å². The Labute approximate surface area is 114 Å². The molecular formula is C12H16N2O4S. The summed E-state index contributed by atoms with van der Waals surface area (Å²) in [6.07, 6.45) is 0.364. The molecule has 0 aliphatic carbocycles. The van der Waals surface area contributed by atoms with Gasteiger partial charge in [-0.25, -0.2) is 0 Å². The van der Waals surface area contributed by atoms with Gasteiger partial charge in [0, 0.05) is 12.5 Å². The summed E-state index contributed by atoms with van der Waals surface area (Å²) < 4.78 is 0. The second-order valence-corrected chi connectivity index (χ2v) is 5.01. The van der Waals surface area contributed by atoms with E-state index in [0.29, 0.717) is 11.3 Å². The van der Waals surface area contributed by atoms with Crippen LogP contribution in [-0.4, -0.2) is 35.5 Å². The van der Waals surface area contributed by atoms with Gasteiger partial charge in [0.1, 0.15) is 0 Å². The Balaban J connectivity index is 2.24. The number of amides is 2. The van der Waals surface area contributed by atoms with Crippen LogP contribution in [0.15, 0.2) is 17.5 Å². The zero-order valence-electron chi connectivity index (χ0n) is 10.5. The average Bonchev–Trinajstić information content (AvgIpc) is 2.87. The van der Waals surface area contributed by atoms with E-state index in [2.05, 4.69) is 10.6 Å². The Morgan fingerprint density at radius 3 is 2.74 bits per heavy atom. The molecule has 3 N–H and O–H groups in total. The molecule has 0 aliphatic rings. The fourth-order valence-corrected chi connectivity index (χ4v) is 2.03. The van der Waals surface area contributed by atoms with Crippen molar-refractivity contribution in [2.45, 2.75) is 25.8 Å². The van der Waals surface area contributed by atoms with Crippen LogP contribution in [0.1, 0.15) is 29.4 Å². The molecule has 0 aromatic carbocycles. The lowest BCUT2D eigenvalue weighted by Gasteiger charge is -2.12. The molecule has 7 heteroatoms. The van der Waals surface area contributed by atoms with Crippen molar-refractivity contribution in [3.05, 3.63) is 22.4 Å². The third-order valence-electron chi connectivity index (χ3n) is 2.35. The molecule has 104 valence electrons. The Kier molecular flexibility index (Phi) is 6.01. The van der Waals surface area contributed by atoms with E-state index >= 15 is 0 Å². The van der Waals surface area contributed by atoms with Gasteiger partial charge in [-0.05, 0) is 24.8 Å². The number of aliphatic carboxylic acids is 1. The first kappa shape index (κ1) is 15.2. The highest BCUT2D eigenvalue weighted by atomic mass is 32.1. The first-order chi connectivity index (χ1) is 8.99. The Hall–Kier alpha value is -1.89. The number of hydrogen-bond donors (Lipinski definition) is 3. The second kappa shape index (κ2) is 7.52. The van der Waals surface area contributed by atoms with E-state index < -0.39 is 5.97 Å². The maximum absolute atomic E-state index is 11.6. The van der Waals surface area contributed by atoms with Gasteiger partial charge < -0.3 is 15.7 Å². The van der Waals surface area contributed by atoms with Crippen LogP contribution < -0.4 is 10.6 Å². The lowest BCUT2D eigenvalue weighted by atomic mass is 10.2. The summed E-state index contributed by atoms with van der Waals surface area (Å²) in [6.45, 7) is 1.61. The third-order valence-corrected chi connectivity index (χ3v) is 3.22. The molecule has 1 atom stereocenters. The largest absolute Gasteiger partial charge is 0.481 e. The highest BCUT2D eigenvalue weighted by molar-refractivity contribution is 7.12. The van der Waals surface area contributed by atoms with Gasteiger partial charge >= 0.3 is 5.97 Å². The van der Waals surface area contributed by atoms with Crippen molar-refractivity contribution in [1.82, 2.24) is 10.6 Å². The van der Waals surface area contributed by atoms with Gasteiger partial charge in [-0.1, -0.05) is 6.07 Å². The first-order valence-corrected chi connectivity index (χ1v) is 6.70. The van der Waals surface area contributed by atoms with Crippen LogP contribution >= 0.6 is 11.3 Å². The summed E-state index contributed by atoms with van der Waals surface area (Å²) in [4.78, 5) is 34.0. The van der Waals surface area contributed by atoms with Crippen molar-refractivity contribution in [1.29, 1.82) is 0 Å². The number of carboxylic acid groups (broad SMARTS) is 1. The summed E-state index contributed by atoms with van der Waals surface area (Å²) >= 11 is 1.30. The van der Waals surface area contributed by atoms with Crippen molar-refractivity contribution < 1.29 is 19.5 Å². The van der Waals surface area contributed by atoms with Gasteiger partial charge in [-0.3, -0.25) is 14.4 Å². The van der Waals surface area contributed by atoms with Crippen LogP contribution in [0.25, 0.3) is 0 Å². The molecule has 1 unspecified atom stereocenters. The standard InChI is InChI=1S/C12H16N2O4S/c1-8(4-5-11(16)17)14-10(15)7-13-12(18)9-3-2-6-19-9/h2-3,6,8H,4-5,7H2,1H3,(H,13,18)(H,14,15)(H,16,17). The zero-order valence-corrected chi connectivity index (χ0v) is 11.3. The molecule has 1 rings (SSSR count). The molecule has 1 aromatic heterocycles. The van der Waals surface area contributed by atoms with Crippen molar-refractivity contribution >= 4 is 29.1 Å². The quantitative estimate of drug-likeness (QED) is 0.691. The monoisotopic (exact) mass is 284 g/mol. The Bertz CT molecular complexity index is 445. The van der Waals surface area contributed by atoms with E-state index in [0.717, 1.165) is 0 Å². The van der Waals surface area contributed by atoms with E-state index in [-0.39, 0.29) is 30.8 Å². The molecule has 0 spiro atoms. The minimum Gasteiger partial charge on any atom is -0.481 e. The zero-order chi connectivity index (χ0) is 14.3. The number of carbonyl (C=O) groups excluding carboxylic acids is 2. The summed E-state index contributed by atoms with van der Waals surface area (Å²) in [7, 11) is 0. The topological polar surface area (TPSA) is 95.5 Å². The number of carboxylic acids is 1. The van der Waals surface area contributed by atoms with Crippen LogP contribution in [0.3, 0.4) is 0 Å². The first-order valence-electron chi connectivity index (χ1n) is 5.82. The second-order valence-electron chi connectivity index (χ2n) is 4.06. The fourth-order valence-electron chi connectivity index (χ4n) is 1.39. The lowest BCUT2D eigenvalue weighted by molar-refractivity contribution is -0.137. The van der Waals surface area contributed by atoms with Crippen molar-refractivity contribution in [3.63, 3.8) is 0 Å². The molecule has 0 saturated carbocycles. The average molecular weight is 284 g/mol. The molecule has 1 aromatic rings. The molecule has 0 saturated heterocycles. The Morgan fingerprint density at radius 1 is 1.42 bits per heavy atom. The van der Waals surface area contributed by atoms with E-state index in [9.17, 15) is 14.4 Å². The summed E-state index contributed by atoms with van der Waals surface area (Å²) in [5.41, 5.74) is 0. The number of carbonyl (C=O) groups is 3. The molecule has 19 heavy (non-hydrogen) atoms.